The molecule has 5 rings (SSSR count). The first-order valence-electron chi connectivity index (χ1n) is 10.8. The van der Waals surface area contributed by atoms with Gasteiger partial charge in [0.25, 0.3) is 5.91 Å². The largest absolute Gasteiger partial charge is 0.322 e. The molecule has 3 amide bonds. The molecule has 154 valence electrons. The van der Waals surface area contributed by atoms with E-state index < -0.39 is 6.04 Å². The highest BCUT2D eigenvalue weighted by Crippen LogP contribution is 2.37. The molecule has 0 spiro atoms. The van der Waals surface area contributed by atoms with Crippen LogP contribution in [-0.4, -0.2) is 47.3 Å². The van der Waals surface area contributed by atoms with Crippen molar-refractivity contribution in [3.63, 3.8) is 0 Å². The van der Waals surface area contributed by atoms with E-state index in [0.29, 0.717) is 18.5 Å². The number of imide groups is 1. The van der Waals surface area contributed by atoms with Crippen LogP contribution in [0.5, 0.6) is 0 Å². The minimum Gasteiger partial charge on any atom is -0.322 e. The number of benzene rings is 1. The average Bonchev–Trinajstić information content (AvgIpc) is 3.18. The number of rotatable bonds is 5. The molecule has 2 unspecified atom stereocenters. The Bertz CT molecular complexity index is 866. The van der Waals surface area contributed by atoms with E-state index in [0.717, 1.165) is 36.7 Å². The number of nitrogens with zero attached hydrogens (tertiary/aromatic N) is 1. The normalized spacial score (nSPS) is 31.2. The zero-order chi connectivity index (χ0) is 20.0. The molecule has 1 aromatic rings. The zero-order valence-corrected chi connectivity index (χ0v) is 16.6. The Labute approximate surface area is 170 Å². The molecule has 3 atom stereocenters. The predicted octanol–water partition coefficient (Wildman–Crippen LogP) is 1.07. The SMILES string of the molecule is O=C1CCC(N2Cc3cc(CNC[C@]45CCCC(CN4)C5)ccc3C2=O)C(=O)N1. The minimum absolute atomic E-state index is 0.115. The molecule has 1 aliphatic carbocycles. The first kappa shape index (κ1) is 18.8. The minimum atomic E-state index is -0.555. The summed E-state index contributed by atoms with van der Waals surface area (Å²) in [5.74, 6) is 0.105. The number of amides is 3. The lowest BCUT2D eigenvalue weighted by Crippen LogP contribution is -2.52. The van der Waals surface area contributed by atoms with Crippen molar-refractivity contribution in [2.45, 2.75) is 63.2 Å². The van der Waals surface area contributed by atoms with Crippen molar-refractivity contribution < 1.29 is 14.4 Å². The molecule has 1 saturated carbocycles. The maximum Gasteiger partial charge on any atom is 0.255 e. The fraction of sp³-hybridized carbons (Fsp3) is 0.591. The van der Waals surface area contributed by atoms with E-state index in [1.165, 1.54) is 25.7 Å². The van der Waals surface area contributed by atoms with Crippen LogP contribution in [0.25, 0.3) is 0 Å². The highest BCUT2D eigenvalue weighted by Gasteiger charge is 2.41. The summed E-state index contributed by atoms with van der Waals surface area (Å²) in [6, 6.07) is 5.40. The second-order valence-electron chi connectivity index (χ2n) is 9.12. The van der Waals surface area contributed by atoms with Gasteiger partial charge in [-0.1, -0.05) is 18.6 Å². The molecule has 29 heavy (non-hydrogen) atoms. The topological polar surface area (TPSA) is 90.5 Å². The van der Waals surface area contributed by atoms with Gasteiger partial charge in [-0.15, -0.1) is 0 Å². The number of fused-ring (bicyclic) bond motifs is 3. The molecule has 3 aliphatic heterocycles. The van der Waals surface area contributed by atoms with Gasteiger partial charge in [0, 0.05) is 37.2 Å². The van der Waals surface area contributed by atoms with Crippen LogP contribution in [0.15, 0.2) is 18.2 Å². The molecule has 3 fully saturated rings. The van der Waals surface area contributed by atoms with Crippen LogP contribution in [0.4, 0.5) is 0 Å². The third-order valence-electron chi connectivity index (χ3n) is 7.09. The fourth-order valence-corrected chi connectivity index (χ4v) is 5.59. The highest BCUT2D eigenvalue weighted by atomic mass is 16.2. The maximum absolute atomic E-state index is 12.8. The van der Waals surface area contributed by atoms with Gasteiger partial charge in [-0.05, 0) is 55.3 Å². The molecule has 7 nitrogen and oxygen atoms in total. The molecule has 1 aromatic carbocycles. The smallest absolute Gasteiger partial charge is 0.255 e. The van der Waals surface area contributed by atoms with Gasteiger partial charge in [-0.3, -0.25) is 19.7 Å². The van der Waals surface area contributed by atoms with Crippen molar-refractivity contribution in [3.05, 3.63) is 34.9 Å². The first-order chi connectivity index (χ1) is 14.0. The number of piperidine rings is 1. The summed E-state index contributed by atoms with van der Waals surface area (Å²) < 4.78 is 0. The van der Waals surface area contributed by atoms with Crippen LogP contribution in [0.3, 0.4) is 0 Å². The lowest BCUT2D eigenvalue weighted by atomic mass is 9.80. The van der Waals surface area contributed by atoms with E-state index in [9.17, 15) is 14.4 Å². The number of hydrogen-bond acceptors (Lipinski definition) is 5. The zero-order valence-electron chi connectivity index (χ0n) is 16.6. The molecule has 0 radical (unpaired) electrons. The molecular weight excluding hydrogens is 368 g/mol. The van der Waals surface area contributed by atoms with E-state index in [1.54, 1.807) is 4.90 Å². The molecule has 3 N–H and O–H groups in total. The summed E-state index contributed by atoms with van der Waals surface area (Å²) in [6.07, 6.45) is 5.88. The third kappa shape index (κ3) is 3.46. The van der Waals surface area contributed by atoms with Gasteiger partial charge < -0.3 is 15.5 Å². The van der Waals surface area contributed by atoms with Crippen LogP contribution < -0.4 is 16.0 Å². The Kier molecular flexibility index (Phi) is 4.67. The van der Waals surface area contributed by atoms with Crippen molar-refractivity contribution >= 4 is 17.7 Å². The molecular formula is C22H28N4O3. The van der Waals surface area contributed by atoms with Crippen molar-refractivity contribution in [1.82, 2.24) is 20.9 Å². The van der Waals surface area contributed by atoms with Gasteiger partial charge >= 0.3 is 0 Å². The fourth-order valence-electron chi connectivity index (χ4n) is 5.59. The first-order valence-corrected chi connectivity index (χ1v) is 10.8. The van der Waals surface area contributed by atoms with Gasteiger partial charge in [-0.2, -0.15) is 0 Å². The average molecular weight is 396 g/mol. The van der Waals surface area contributed by atoms with E-state index in [1.807, 2.05) is 12.1 Å². The Balaban J connectivity index is 1.22. The summed E-state index contributed by atoms with van der Waals surface area (Å²) in [6.45, 7) is 3.33. The lowest BCUT2D eigenvalue weighted by molar-refractivity contribution is -0.136. The number of hydrogen-bond donors (Lipinski definition) is 3. The van der Waals surface area contributed by atoms with Crippen molar-refractivity contribution in [2.24, 2.45) is 5.92 Å². The highest BCUT2D eigenvalue weighted by molar-refractivity contribution is 6.05. The monoisotopic (exact) mass is 396 g/mol. The van der Waals surface area contributed by atoms with Crippen molar-refractivity contribution in [1.29, 1.82) is 0 Å². The van der Waals surface area contributed by atoms with Crippen LogP contribution in [0.2, 0.25) is 0 Å². The molecule has 2 saturated heterocycles. The molecule has 2 bridgehead atoms. The molecule has 3 heterocycles. The van der Waals surface area contributed by atoms with E-state index in [4.69, 9.17) is 0 Å². The Hall–Kier alpha value is -2.25. The molecule has 4 aliphatic rings. The van der Waals surface area contributed by atoms with E-state index in [-0.39, 0.29) is 29.7 Å². The summed E-state index contributed by atoms with van der Waals surface area (Å²) >= 11 is 0. The van der Waals surface area contributed by atoms with Crippen LogP contribution >= 0.6 is 0 Å². The van der Waals surface area contributed by atoms with Gasteiger partial charge in [0.1, 0.15) is 6.04 Å². The number of carbonyl (C=O) groups is 3. The Morgan fingerprint density at radius 2 is 2.10 bits per heavy atom. The standard InChI is InChI=1S/C22H28N4O3/c27-19-6-5-18(20(28)25-19)26-12-16-8-14(3-4-17(16)21(26)29)10-23-13-22-7-1-2-15(9-22)11-24-22/h3-4,8,15,18,23-24H,1-2,5-7,9-13H2,(H,25,27,28)/t15?,18?,22-/m1/s1. The second kappa shape index (κ2) is 7.22. The Morgan fingerprint density at radius 3 is 2.97 bits per heavy atom. The van der Waals surface area contributed by atoms with Crippen LogP contribution in [-0.2, 0) is 22.7 Å². The van der Waals surface area contributed by atoms with Crippen LogP contribution in [0, 0.1) is 5.92 Å². The quantitative estimate of drug-likeness (QED) is 0.648. The van der Waals surface area contributed by atoms with E-state index >= 15 is 0 Å². The van der Waals surface area contributed by atoms with E-state index in [2.05, 4.69) is 22.0 Å². The van der Waals surface area contributed by atoms with Gasteiger partial charge in [0.05, 0.1) is 0 Å². The predicted molar refractivity (Wildman–Crippen MR) is 107 cm³/mol. The second-order valence-corrected chi connectivity index (χ2v) is 9.12. The van der Waals surface area contributed by atoms with Crippen molar-refractivity contribution in [2.75, 3.05) is 13.1 Å². The molecule has 0 aromatic heterocycles. The maximum atomic E-state index is 12.8. The summed E-state index contributed by atoms with van der Waals surface area (Å²) in [5, 5.41) is 9.70. The molecule has 7 heteroatoms. The summed E-state index contributed by atoms with van der Waals surface area (Å²) in [5.41, 5.74) is 3.06. The van der Waals surface area contributed by atoms with Crippen LogP contribution in [0.1, 0.15) is 60.0 Å². The van der Waals surface area contributed by atoms with Gasteiger partial charge in [0.2, 0.25) is 11.8 Å². The summed E-state index contributed by atoms with van der Waals surface area (Å²) in [4.78, 5) is 37.9. The summed E-state index contributed by atoms with van der Waals surface area (Å²) in [7, 11) is 0. The Morgan fingerprint density at radius 1 is 1.21 bits per heavy atom. The van der Waals surface area contributed by atoms with Gasteiger partial charge in [-0.25, -0.2) is 0 Å². The lowest BCUT2D eigenvalue weighted by Gasteiger charge is -2.33. The number of carbonyl (C=O) groups excluding carboxylic acids is 3. The van der Waals surface area contributed by atoms with Crippen molar-refractivity contribution in [3.8, 4) is 0 Å². The van der Waals surface area contributed by atoms with Gasteiger partial charge in [0.15, 0.2) is 0 Å². The third-order valence-corrected chi connectivity index (χ3v) is 7.09. The number of nitrogens with one attached hydrogen (secondary N) is 3.